The molecule has 3 atom stereocenters. The first-order chi connectivity index (χ1) is 12.2. The maximum absolute atomic E-state index is 12.6. The van der Waals surface area contributed by atoms with Crippen LogP contribution in [0.15, 0.2) is 59.1 Å². The van der Waals surface area contributed by atoms with Crippen LogP contribution in [0.25, 0.3) is 0 Å². The Balaban J connectivity index is 1.54. The average molecular weight is 401 g/mol. The van der Waals surface area contributed by atoms with E-state index in [0.717, 1.165) is 17.6 Å². The highest BCUT2D eigenvalue weighted by Gasteiger charge is 2.53. The minimum absolute atomic E-state index is 0.0155. The molecule has 2 aliphatic heterocycles. The summed E-state index contributed by atoms with van der Waals surface area (Å²) in [7, 11) is 0. The molecule has 2 fully saturated rings. The van der Waals surface area contributed by atoms with Crippen molar-refractivity contribution in [3.05, 3.63) is 70.2 Å². The Hall–Kier alpha value is -1.69. The third kappa shape index (κ3) is 3.12. The van der Waals surface area contributed by atoms with Gasteiger partial charge >= 0.3 is 0 Å². The summed E-state index contributed by atoms with van der Waals surface area (Å²) < 4.78 is 1.04. The lowest BCUT2D eigenvalue weighted by Crippen LogP contribution is -2.72. The molecule has 0 radical (unpaired) electrons. The number of amides is 1. The van der Waals surface area contributed by atoms with Crippen LogP contribution in [0.2, 0.25) is 0 Å². The van der Waals surface area contributed by atoms with Gasteiger partial charge in [-0.25, -0.2) is 0 Å². The molecular weight excluding hydrogens is 380 g/mol. The molecule has 0 unspecified atom stereocenters. The van der Waals surface area contributed by atoms with Crippen molar-refractivity contribution in [1.82, 2.24) is 9.80 Å². The van der Waals surface area contributed by atoms with E-state index >= 15 is 0 Å². The van der Waals surface area contributed by atoms with Crippen LogP contribution in [0.5, 0.6) is 0 Å². The van der Waals surface area contributed by atoms with Crippen molar-refractivity contribution in [3.8, 4) is 0 Å². The van der Waals surface area contributed by atoms with Gasteiger partial charge in [-0.3, -0.25) is 9.69 Å². The van der Waals surface area contributed by atoms with Gasteiger partial charge in [0.05, 0.1) is 25.2 Å². The third-order valence-corrected chi connectivity index (χ3v) is 5.86. The normalized spacial score (nSPS) is 26.2. The molecule has 4 nitrogen and oxygen atoms in total. The maximum Gasteiger partial charge on any atom is 0.237 e. The number of fused-ring (bicyclic) bond motifs is 1. The fraction of sp³-hybridized carbons (Fsp3) is 0.350. The molecule has 5 heteroatoms. The summed E-state index contributed by atoms with van der Waals surface area (Å²) in [6.07, 6.45) is 0. The molecule has 0 saturated carbocycles. The Morgan fingerprint density at radius 2 is 1.80 bits per heavy atom. The van der Waals surface area contributed by atoms with Gasteiger partial charge in [-0.2, -0.15) is 0 Å². The highest BCUT2D eigenvalue weighted by molar-refractivity contribution is 9.10. The van der Waals surface area contributed by atoms with E-state index in [9.17, 15) is 9.90 Å². The number of hydrogen-bond donors (Lipinski definition) is 1. The highest BCUT2D eigenvalue weighted by Crippen LogP contribution is 2.43. The molecule has 0 aliphatic carbocycles. The number of benzene rings is 2. The van der Waals surface area contributed by atoms with Gasteiger partial charge in [0.1, 0.15) is 0 Å². The Morgan fingerprint density at radius 1 is 1.08 bits per heavy atom. The molecule has 2 heterocycles. The van der Waals surface area contributed by atoms with E-state index in [4.69, 9.17) is 0 Å². The van der Waals surface area contributed by atoms with E-state index in [2.05, 4.69) is 45.1 Å². The smallest absolute Gasteiger partial charge is 0.237 e. The van der Waals surface area contributed by atoms with Crippen molar-refractivity contribution in [2.75, 3.05) is 19.7 Å². The maximum atomic E-state index is 12.6. The van der Waals surface area contributed by atoms with Crippen LogP contribution in [0.4, 0.5) is 0 Å². The summed E-state index contributed by atoms with van der Waals surface area (Å²) in [5.41, 5.74) is 2.42. The molecule has 2 saturated heterocycles. The SMILES string of the molecule is O=C1CN(Cc2ccccc2)C[C@H]2[C@@H](c3ccc(Br)cc3)[C@@H](CO)N12. The summed E-state index contributed by atoms with van der Waals surface area (Å²) in [5, 5.41) is 9.81. The third-order valence-electron chi connectivity index (χ3n) is 5.33. The van der Waals surface area contributed by atoms with Crippen molar-refractivity contribution in [2.45, 2.75) is 24.5 Å². The lowest BCUT2D eigenvalue weighted by Gasteiger charge is -2.59. The van der Waals surface area contributed by atoms with Gasteiger partial charge in [0.15, 0.2) is 0 Å². The van der Waals surface area contributed by atoms with E-state index < -0.39 is 0 Å². The fourth-order valence-corrected chi connectivity index (χ4v) is 4.48. The quantitative estimate of drug-likeness (QED) is 0.857. The largest absolute Gasteiger partial charge is 0.394 e. The molecule has 2 aromatic rings. The Kier molecular flexibility index (Phi) is 4.63. The predicted octanol–water partition coefficient (Wildman–Crippen LogP) is 2.62. The molecule has 1 N–H and O–H groups in total. The summed E-state index contributed by atoms with van der Waals surface area (Å²) >= 11 is 3.47. The molecule has 0 aromatic heterocycles. The summed E-state index contributed by atoms with van der Waals surface area (Å²) in [6.45, 7) is 2.07. The highest BCUT2D eigenvalue weighted by atomic mass is 79.9. The molecule has 2 aliphatic rings. The molecule has 25 heavy (non-hydrogen) atoms. The predicted molar refractivity (Wildman–Crippen MR) is 100 cm³/mol. The first-order valence-corrected chi connectivity index (χ1v) is 9.40. The molecule has 1 amide bonds. The van der Waals surface area contributed by atoms with Crippen molar-refractivity contribution in [2.24, 2.45) is 0 Å². The van der Waals surface area contributed by atoms with Crippen LogP contribution in [0.3, 0.4) is 0 Å². The fourth-order valence-electron chi connectivity index (χ4n) is 4.21. The van der Waals surface area contributed by atoms with Crippen LogP contribution in [-0.2, 0) is 11.3 Å². The van der Waals surface area contributed by atoms with Crippen molar-refractivity contribution in [1.29, 1.82) is 0 Å². The second-order valence-corrected chi connectivity index (χ2v) is 7.77. The number of hydrogen-bond acceptors (Lipinski definition) is 3. The molecule has 0 spiro atoms. The Labute approximate surface area is 156 Å². The minimum atomic E-state index is -0.0995. The summed E-state index contributed by atoms with van der Waals surface area (Å²) in [6, 6.07) is 18.5. The second kappa shape index (κ2) is 6.90. The summed E-state index contributed by atoms with van der Waals surface area (Å²) in [4.78, 5) is 16.7. The van der Waals surface area contributed by atoms with E-state index in [1.165, 1.54) is 11.1 Å². The number of nitrogens with zero attached hydrogens (tertiary/aromatic N) is 2. The number of aliphatic hydroxyl groups is 1. The minimum Gasteiger partial charge on any atom is -0.394 e. The Bertz CT molecular complexity index is 750. The zero-order valence-corrected chi connectivity index (χ0v) is 15.5. The van der Waals surface area contributed by atoms with Crippen LogP contribution >= 0.6 is 15.9 Å². The molecule has 0 bridgehead atoms. The van der Waals surface area contributed by atoms with Crippen LogP contribution in [0, 0.1) is 0 Å². The topological polar surface area (TPSA) is 43.8 Å². The monoisotopic (exact) mass is 400 g/mol. The van der Waals surface area contributed by atoms with Gasteiger partial charge in [0.25, 0.3) is 0 Å². The van der Waals surface area contributed by atoms with Crippen molar-refractivity contribution >= 4 is 21.8 Å². The molecule has 4 rings (SSSR count). The van der Waals surface area contributed by atoms with Gasteiger partial charge in [0.2, 0.25) is 5.91 Å². The zero-order chi connectivity index (χ0) is 17.4. The van der Waals surface area contributed by atoms with Crippen LogP contribution < -0.4 is 0 Å². The number of aliphatic hydroxyl groups excluding tert-OH is 1. The van der Waals surface area contributed by atoms with Gasteiger partial charge in [-0.1, -0.05) is 58.4 Å². The van der Waals surface area contributed by atoms with E-state index in [1.807, 2.05) is 35.2 Å². The van der Waals surface area contributed by atoms with Crippen LogP contribution in [-0.4, -0.2) is 52.6 Å². The summed E-state index contributed by atoms with van der Waals surface area (Å²) in [5.74, 6) is 0.320. The molecule has 130 valence electrons. The Morgan fingerprint density at radius 3 is 2.48 bits per heavy atom. The van der Waals surface area contributed by atoms with Crippen LogP contribution in [0.1, 0.15) is 17.0 Å². The van der Waals surface area contributed by atoms with E-state index in [0.29, 0.717) is 6.54 Å². The number of carbonyl (C=O) groups is 1. The lowest BCUT2D eigenvalue weighted by atomic mass is 9.74. The number of halogens is 1. The van der Waals surface area contributed by atoms with Gasteiger partial charge < -0.3 is 10.0 Å². The number of rotatable bonds is 4. The zero-order valence-electron chi connectivity index (χ0n) is 13.9. The van der Waals surface area contributed by atoms with Gasteiger partial charge in [-0.05, 0) is 23.3 Å². The van der Waals surface area contributed by atoms with E-state index in [1.54, 1.807) is 0 Å². The van der Waals surface area contributed by atoms with Crippen molar-refractivity contribution in [3.63, 3.8) is 0 Å². The number of carbonyl (C=O) groups excluding carboxylic acids is 1. The number of piperazine rings is 1. The standard InChI is InChI=1S/C20H21BrN2O2/c21-16-8-6-15(7-9-16)20-17-11-22(10-14-4-2-1-3-5-14)12-19(25)23(17)18(20)13-24/h1-9,17-18,20,24H,10-13H2/t17-,18+,20+/m0/s1. The van der Waals surface area contributed by atoms with E-state index in [-0.39, 0.29) is 30.5 Å². The average Bonchev–Trinajstić information content (AvgIpc) is 2.60. The van der Waals surface area contributed by atoms with Crippen molar-refractivity contribution < 1.29 is 9.90 Å². The molecular formula is C20H21BrN2O2. The first-order valence-electron chi connectivity index (χ1n) is 8.61. The van der Waals surface area contributed by atoms with Gasteiger partial charge in [0, 0.05) is 23.5 Å². The lowest BCUT2D eigenvalue weighted by molar-refractivity contribution is -0.162. The first kappa shape index (κ1) is 16.8. The second-order valence-electron chi connectivity index (χ2n) is 6.85. The molecule has 2 aromatic carbocycles. The van der Waals surface area contributed by atoms with Gasteiger partial charge in [-0.15, -0.1) is 0 Å².